The number of hydrogen-bond donors (Lipinski definition) is 0. The van der Waals surface area contributed by atoms with E-state index in [1.807, 2.05) is 18.2 Å². The number of ether oxygens (including phenoxy) is 2. The highest BCUT2D eigenvalue weighted by molar-refractivity contribution is 9.10. The normalized spacial score (nSPS) is 14.8. The second-order valence-corrected chi connectivity index (χ2v) is 10.2. The molecule has 1 aliphatic heterocycles. The van der Waals surface area contributed by atoms with E-state index in [0.29, 0.717) is 45.3 Å². The van der Waals surface area contributed by atoms with Crippen molar-refractivity contribution in [3.8, 4) is 11.5 Å². The molecule has 8 heteroatoms. The van der Waals surface area contributed by atoms with E-state index in [0.717, 1.165) is 23.7 Å². The summed E-state index contributed by atoms with van der Waals surface area (Å²) in [6.45, 7) is 2.72. The summed E-state index contributed by atoms with van der Waals surface area (Å²) < 4.78 is 18.4. The Labute approximate surface area is 227 Å². The predicted octanol–water partition coefficient (Wildman–Crippen LogP) is 7.54. The lowest BCUT2D eigenvalue weighted by molar-refractivity contribution is 0.0971. The highest BCUT2D eigenvalue weighted by Gasteiger charge is 2.44. The lowest BCUT2D eigenvalue weighted by Gasteiger charge is -2.26. The minimum atomic E-state index is -0.747. The van der Waals surface area contributed by atoms with Crippen molar-refractivity contribution in [2.24, 2.45) is 0 Å². The molecule has 0 radical (unpaired) electrons. The lowest BCUT2D eigenvalue weighted by atomic mass is 9.97. The zero-order chi connectivity index (χ0) is 26.1. The molecule has 2 heterocycles. The number of carbonyl (C=O) groups is 1. The highest BCUT2D eigenvalue weighted by Crippen LogP contribution is 2.43. The van der Waals surface area contributed by atoms with Crippen molar-refractivity contribution in [2.45, 2.75) is 32.2 Å². The largest absolute Gasteiger partial charge is 0.493 e. The number of carbonyl (C=O) groups excluding carboxylic acids is 1. The van der Waals surface area contributed by atoms with E-state index in [1.54, 1.807) is 54.5 Å². The first-order valence-corrected chi connectivity index (χ1v) is 13.3. The minimum absolute atomic E-state index is 0.0173. The van der Waals surface area contributed by atoms with Gasteiger partial charge in [0.25, 0.3) is 5.91 Å². The fraction of sp³-hybridized carbons (Fsp3) is 0.241. The van der Waals surface area contributed by atoms with Crippen molar-refractivity contribution in [3.63, 3.8) is 0 Å². The SMILES string of the molecule is CCCCCOc1ccc(C2c3c(oc4ccc(Br)cc4c3=O)C(=O)N2c2cccc(Cl)c2)cc1OC. The average molecular weight is 583 g/mol. The van der Waals surface area contributed by atoms with Gasteiger partial charge in [0.05, 0.1) is 30.7 Å². The maximum atomic E-state index is 13.8. The molecule has 0 spiro atoms. The van der Waals surface area contributed by atoms with E-state index >= 15 is 0 Å². The second-order valence-electron chi connectivity index (χ2n) is 8.84. The molecular weight excluding hydrogens is 558 g/mol. The summed E-state index contributed by atoms with van der Waals surface area (Å²) >= 11 is 9.71. The molecule has 3 aromatic carbocycles. The van der Waals surface area contributed by atoms with Crippen LogP contribution in [0.25, 0.3) is 11.0 Å². The van der Waals surface area contributed by atoms with Crippen LogP contribution in [0.4, 0.5) is 5.69 Å². The van der Waals surface area contributed by atoms with Gasteiger partial charge >= 0.3 is 0 Å². The van der Waals surface area contributed by atoms with E-state index in [1.165, 1.54) is 0 Å². The molecule has 0 aliphatic carbocycles. The van der Waals surface area contributed by atoms with E-state index in [4.69, 9.17) is 25.5 Å². The van der Waals surface area contributed by atoms with Crippen LogP contribution >= 0.6 is 27.5 Å². The zero-order valence-electron chi connectivity index (χ0n) is 20.4. The predicted molar refractivity (Wildman–Crippen MR) is 148 cm³/mol. The molecule has 1 unspecified atom stereocenters. The van der Waals surface area contributed by atoms with Crippen LogP contribution in [0, 0.1) is 0 Å². The maximum absolute atomic E-state index is 13.8. The third kappa shape index (κ3) is 4.74. The molecule has 6 nitrogen and oxygen atoms in total. The number of halogens is 2. The Morgan fingerprint density at radius 1 is 1.03 bits per heavy atom. The number of rotatable bonds is 8. The van der Waals surface area contributed by atoms with Crippen molar-refractivity contribution in [1.29, 1.82) is 0 Å². The standard InChI is InChI=1S/C29H25BrClNO5/c1-3-4-5-13-36-23-11-9-17(14-24(23)35-2)26-25-27(33)21-15-18(30)10-12-22(21)37-28(25)29(34)32(26)20-8-6-7-19(31)16-20/h6-12,14-16,26H,3-5,13H2,1-2H3. The fourth-order valence-electron chi connectivity index (χ4n) is 4.66. The number of anilines is 1. The van der Waals surface area contributed by atoms with Gasteiger partial charge < -0.3 is 13.9 Å². The second kappa shape index (κ2) is 10.6. The summed E-state index contributed by atoms with van der Waals surface area (Å²) in [4.78, 5) is 29.1. The Morgan fingerprint density at radius 2 is 1.86 bits per heavy atom. The van der Waals surface area contributed by atoms with Crippen molar-refractivity contribution in [3.05, 3.63) is 97.3 Å². The Bertz CT molecular complexity index is 1550. The molecule has 190 valence electrons. The van der Waals surface area contributed by atoms with Crippen LogP contribution in [0.5, 0.6) is 11.5 Å². The number of amides is 1. The smallest absolute Gasteiger partial charge is 0.295 e. The van der Waals surface area contributed by atoms with Gasteiger partial charge in [0.1, 0.15) is 5.58 Å². The molecule has 0 saturated heterocycles. The van der Waals surface area contributed by atoms with Crippen LogP contribution in [0.15, 0.2) is 74.3 Å². The van der Waals surface area contributed by atoms with Gasteiger partial charge in [-0.1, -0.05) is 59.4 Å². The van der Waals surface area contributed by atoms with Crippen molar-refractivity contribution < 1.29 is 18.7 Å². The molecule has 0 N–H and O–H groups in total. The molecule has 0 saturated carbocycles. The van der Waals surface area contributed by atoms with Crippen LogP contribution in [0.1, 0.15) is 53.9 Å². The summed E-state index contributed by atoms with van der Waals surface area (Å²) in [6.07, 6.45) is 3.12. The van der Waals surface area contributed by atoms with Crippen molar-refractivity contribution in [1.82, 2.24) is 0 Å². The first-order chi connectivity index (χ1) is 17.9. The summed E-state index contributed by atoms with van der Waals surface area (Å²) in [6, 6.07) is 16.9. The van der Waals surface area contributed by atoms with Gasteiger partial charge in [-0.05, 0) is 60.5 Å². The molecule has 0 fully saturated rings. The van der Waals surface area contributed by atoms with Gasteiger partial charge in [-0.2, -0.15) is 0 Å². The van der Waals surface area contributed by atoms with E-state index in [9.17, 15) is 9.59 Å². The highest BCUT2D eigenvalue weighted by atomic mass is 79.9. The van der Waals surface area contributed by atoms with Crippen LogP contribution in [0.2, 0.25) is 5.02 Å². The third-order valence-corrected chi connectivity index (χ3v) is 7.16. The molecule has 1 aliphatic rings. The van der Waals surface area contributed by atoms with Crippen LogP contribution in [0.3, 0.4) is 0 Å². The Balaban J connectivity index is 1.68. The summed E-state index contributed by atoms with van der Waals surface area (Å²) in [7, 11) is 1.57. The maximum Gasteiger partial charge on any atom is 0.295 e. The number of hydrogen-bond acceptors (Lipinski definition) is 5. The number of benzene rings is 3. The summed E-state index contributed by atoms with van der Waals surface area (Å²) in [5.74, 6) is 0.733. The fourth-order valence-corrected chi connectivity index (χ4v) is 5.21. The molecule has 37 heavy (non-hydrogen) atoms. The van der Waals surface area contributed by atoms with E-state index < -0.39 is 11.9 Å². The molecular formula is C29H25BrClNO5. The minimum Gasteiger partial charge on any atom is -0.493 e. The Kier molecular flexibility index (Phi) is 7.26. The van der Waals surface area contributed by atoms with Gasteiger partial charge in [0, 0.05) is 15.2 Å². The van der Waals surface area contributed by atoms with Gasteiger partial charge in [0.15, 0.2) is 16.9 Å². The number of methoxy groups -OCH3 is 1. The molecule has 5 rings (SSSR count). The molecule has 1 amide bonds. The average Bonchev–Trinajstić information content (AvgIpc) is 3.19. The van der Waals surface area contributed by atoms with Gasteiger partial charge in [0.2, 0.25) is 5.76 Å². The van der Waals surface area contributed by atoms with Gasteiger partial charge in [-0.25, -0.2) is 0 Å². The van der Waals surface area contributed by atoms with Gasteiger partial charge in [-0.15, -0.1) is 0 Å². The first-order valence-electron chi connectivity index (χ1n) is 12.1. The summed E-state index contributed by atoms with van der Waals surface area (Å²) in [5, 5.41) is 0.864. The summed E-state index contributed by atoms with van der Waals surface area (Å²) in [5.41, 5.74) is 1.60. The van der Waals surface area contributed by atoms with E-state index in [2.05, 4.69) is 22.9 Å². The van der Waals surface area contributed by atoms with Gasteiger partial charge in [-0.3, -0.25) is 14.5 Å². The quantitative estimate of drug-likeness (QED) is 0.201. The van der Waals surface area contributed by atoms with Crippen molar-refractivity contribution in [2.75, 3.05) is 18.6 Å². The zero-order valence-corrected chi connectivity index (χ0v) is 22.8. The third-order valence-electron chi connectivity index (χ3n) is 6.43. The molecule has 0 bridgehead atoms. The number of unbranched alkanes of at least 4 members (excludes halogenated alkanes) is 2. The van der Waals surface area contributed by atoms with Crippen molar-refractivity contribution >= 4 is 50.1 Å². The number of nitrogens with zero attached hydrogens (tertiary/aromatic N) is 1. The monoisotopic (exact) mass is 581 g/mol. The lowest BCUT2D eigenvalue weighted by Crippen LogP contribution is -2.29. The molecule has 4 aromatic rings. The van der Waals surface area contributed by atoms with Crippen LogP contribution in [-0.4, -0.2) is 19.6 Å². The van der Waals surface area contributed by atoms with E-state index in [-0.39, 0.29) is 16.8 Å². The number of fused-ring (bicyclic) bond motifs is 2. The molecule has 1 aromatic heterocycles. The Hall–Kier alpha value is -3.29. The van der Waals surface area contributed by atoms with Crippen LogP contribution in [-0.2, 0) is 0 Å². The first kappa shape index (κ1) is 25.4. The van der Waals surface area contributed by atoms with Crippen LogP contribution < -0.4 is 19.8 Å². The topological polar surface area (TPSA) is 69.0 Å². The molecule has 1 atom stereocenters. The Morgan fingerprint density at radius 3 is 2.62 bits per heavy atom.